The van der Waals surface area contributed by atoms with Crippen LogP contribution in [-0.4, -0.2) is 23.6 Å². The largest absolute Gasteiger partial charge is 0.425 e. The molecule has 2 aromatic rings. The minimum Gasteiger partial charge on any atom is -0.425 e. The maximum Gasteiger partial charge on any atom is 0.308 e. The van der Waals surface area contributed by atoms with E-state index in [1.165, 1.54) is 13.0 Å². The van der Waals surface area contributed by atoms with Gasteiger partial charge in [0.15, 0.2) is 5.75 Å². The van der Waals surface area contributed by atoms with Gasteiger partial charge in [-0.1, -0.05) is 27.6 Å². The zero-order chi connectivity index (χ0) is 19.2. The number of nitrogens with zero attached hydrogens (tertiary/aromatic N) is 1. The second-order valence-corrected chi connectivity index (χ2v) is 7.42. The van der Waals surface area contributed by atoms with Crippen LogP contribution in [-0.2, 0) is 9.59 Å². The molecule has 1 heterocycles. The maximum atomic E-state index is 13.1. The Morgan fingerprint density at radius 3 is 2.42 bits per heavy atom. The van der Waals surface area contributed by atoms with Crippen molar-refractivity contribution in [1.82, 2.24) is 0 Å². The number of ketones is 1. The first-order chi connectivity index (χ1) is 12.2. The first kappa shape index (κ1) is 18.5. The Bertz CT molecular complexity index is 999. The highest BCUT2D eigenvalue weighted by molar-refractivity contribution is 9.11. The minimum absolute atomic E-state index is 0.0217. The summed E-state index contributed by atoms with van der Waals surface area (Å²) >= 11 is 6.51. The van der Waals surface area contributed by atoms with Crippen molar-refractivity contribution >= 4 is 61.1 Å². The van der Waals surface area contributed by atoms with Gasteiger partial charge in [-0.3, -0.25) is 19.2 Å². The van der Waals surface area contributed by atoms with Crippen LogP contribution in [0.3, 0.4) is 0 Å². The van der Waals surface area contributed by atoms with Gasteiger partial charge in [-0.15, -0.1) is 0 Å². The number of anilines is 1. The van der Waals surface area contributed by atoms with Crippen molar-refractivity contribution in [2.45, 2.75) is 13.8 Å². The molecule has 8 heteroatoms. The number of carbonyl (C=O) groups excluding carboxylic acids is 4. The number of hydrogen-bond donors (Lipinski definition) is 0. The molecule has 0 atom stereocenters. The Hall–Kier alpha value is -2.32. The van der Waals surface area contributed by atoms with E-state index in [1.54, 1.807) is 31.2 Å². The third-order valence-corrected chi connectivity index (χ3v) is 4.77. The highest BCUT2D eigenvalue weighted by Crippen LogP contribution is 2.37. The molecule has 26 heavy (non-hydrogen) atoms. The van der Waals surface area contributed by atoms with Crippen molar-refractivity contribution in [3.63, 3.8) is 0 Å². The molecule has 1 aliphatic rings. The number of hydrogen-bond acceptors (Lipinski definition) is 5. The molecule has 0 radical (unpaired) electrons. The number of benzene rings is 2. The first-order valence-electron chi connectivity index (χ1n) is 7.42. The minimum atomic E-state index is -0.944. The van der Waals surface area contributed by atoms with Crippen LogP contribution < -0.4 is 9.64 Å². The van der Waals surface area contributed by atoms with Gasteiger partial charge in [-0.05, 0) is 47.1 Å². The standard InChI is InChI=1S/C18H11Br2NO5/c1-8-3-4-14-11(5-8)15(23)18(25)21(14)17(24)12-6-10(19)7-13(20)16(12)26-9(2)22/h3-7H,1-2H3. The normalized spacial score (nSPS) is 13.0. The average Bonchev–Trinajstić information content (AvgIpc) is 2.80. The molecule has 1 aliphatic heterocycles. The molecule has 2 aromatic carbocycles. The summed E-state index contributed by atoms with van der Waals surface area (Å²) < 4.78 is 6.02. The lowest BCUT2D eigenvalue weighted by molar-refractivity contribution is -0.131. The van der Waals surface area contributed by atoms with Crippen LogP contribution in [0.4, 0.5) is 5.69 Å². The molecule has 0 fully saturated rings. The summed E-state index contributed by atoms with van der Waals surface area (Å²) in [6.07, 6.45) is 0. The van der Waals surface area contributed by atoms with Crippen LogP contribution in [0, 0.1) is 6.92 Å². The van der Waals surface area contributed by atoms with Crippen molar-refractivity contribution in [1.29, 1.82) is 0 Å². The Morgan fingerprint density at radius 1 is 1.08 bits per heavy atom. The zero-order valence-corrected chi connectivity index (χ0v) is 16.8. The maximum absolute atomic E-state index is 13.1. The lowest BCUT2D eigenvalue weighted by atomic mass is 10.1. The number of halogens is 2. The monoisotopic (exact) mass is 479 g/mol. The fourth-order valence-electron chi connectivity index (χ4n) is 2.64. The van der Waals surface area contributed by atoms with E-state index in [-0.39, 0.29) is 22.6 Å². The van der Waals surface area contributed by atoms with Crippen molar-refractivity contribution in [3.05, 3.63) is 56.0 Å². The van der Waals surface area contributed by atoms with Crippen LogP contribution >= 0.6 is 31.9 Å². The summed E-state index contributed by atoms with van der Waals surface area (Å²) in [6, 6.07) is 7.84. The number of esters is 1. The number of rotatable bonds is 2. The van der Waals surface area contributed by atoms with Gasteiger partial charge in [-0.2, -0.15) is 0 Å². The van der Waals surface area contributed by atoms with Gasteiger partial charge in [0, 0.05) is 11.4 Å². The van der Waals surface area contributed by atoms with Gasteiger partial charge in [0.05, 0.1) is 21.3 Å². The highest BCUT2D eigenvalue weighted by atomic mass is 79.9. The number of imide groups is 1. The first-order valence-corrected chi connectivity index (χ1v) is 9.00. The summed E-state index contributed by atoms with van der Waals surface area (Å²) in [4.78, 5) is 49.9. The van der Waals surface area contributed by atoms with Crippen molar-refractivity contribution in [2.75, 3.05) is 4.90 Å². The lowest BCUT2D eigenvalue weighted by Crippen LogP contribution is -2.36. The van der Waals surface area contributed by atoms with E-state index in [0.29, 0.717) is 8.95 Å². The van der Waals surface area contributed by atoms with E-state index < -0.39 is 23.6 Å². The summed E-state index contributed by atoms with van der Waals surface area (Å²) in [7, 11) is 0. The quantitative estimate of drug-likeness (QED) is 0.282. The molecule has 2 amide bonds. The van der Waals surface area contributed by atoms with Crippen molar-refractivity contribution in [3.8, 4) is 5.75 Å². The number of ether oxygens (including phenoxy) is 1. The van der Waals surface area contributed by atoms with Gasteiger partial charge in [0.1, 0.15) is 0 Å². The molecule has 0 saturated carbocycles. The Balaban J connectivity index is 2.16. The highest BCUT2D eigenvalue weighted by Gasteiger charge is 2.41. The zero-order valence-electron chi connectivity index (χ0n) is 13.6. The third kappa shape index (κ3) is 3.10. The van der Waals surface area contributed by atoms with E-state index in [4.69, 9.17) is 4.74 Å². The lowest BCUT2D eigenvalue weighted by Gasteiger charge is -2.17. The van der Waals surface area contributed by atoms with Gasteiger partial charge in [0.25, 0.3) is 11.7 Å². The van der Waals surface area contributed by atoms with Gasteiger partial charge < -0.3 is 4.74 Å². The number of fused-ring (bicyclic) bond motifs is 1. The summed E-state index contributed by atoms with van der Waals surface area (Å²) in [5.41, 5.74) is 1.15. The van der Waals surface area contributed by atoms with Crippen LogP contribution in [0.5, 0.6) is 5.75 Å². The molecule has 0 unspecified atom stereocenters. The molecule has 0 aliphatic carbocycles. The Kier molecular flexibility index (Phi) is 4.81. The third-order valence-electron chi connectivity index (χ3n) is 3.72. The number of aryl methyl sites for hydroxylation is 1. The van der Waals surface area contributed by atoms with Gasteiger partial charge in [-0.25, -0.2) is 4.90 Å². The van der Waals surface area contributed by atoms with Crippen LogP contribution in [0.2, 0.25) is 0 Å². The summed E-state index contributed by atoms with van der Waals surface area (Å²) in [5.74, 6) is -3.10. The molecular formula is C18H11Br2NO5. The number of carbonyl (C=O) groups is 4. The molecule has 0 bridgehead atoms. The van der Waals surface area contributed by atoms with E-state index in [2.05, 4.69) is 31.9 Å². The molecule has 0 spiro atoms. The second-order valence-electron chi connectivity index (χ2n) is 5.65. The predicted molar refractivity (Wildman–Crippen MR) is 100 cm³/mol. The molecule has 0 saturated heterocycles. The van der Waals surface area contributed by atoms with Crippen molar-refractivity contribution < 1.29 is 23.9 Å². The fourth-order valence-corrected chi connectivity index (χ4v) is 3.95. The predicted octanol–water partition coefficient (Wildman–Crippen LogP) is 3.82. The summed E-state index contributed by atoms with van der Waals surface area (Å²) in [6.45, 7) is 2.98. The molecule has 0 aromatic heterocycles. The van der Waals surface area contributed by atoms with Gasteiger partial charge in [0.2, 0.25) is 0 Å². The van der Waals surface area contributed by atoms with Crippen LogP contribution in [0.25, 0.3) is 0 Å². The summed E-state index contributed by atoms with van der Waals surface area (Å²) in [5, 5.41) is 0. The van der Waals surface area contributed by atoms with Gasteiger partial charge >= 0.3 is 11.9 Å². The van der Waals surface area contributed by atoms with E-state index in [0.717, 1.165) is 10.5 Å². The number of Topliss-reactive ketones (excluding diaryl/α,β-unsaturated/α-hetero) is 1. The molecule has 0 N–H and O–H groups in total. The molecule has 6 nitrogen and oxygen atoms in total. The Labute approximate surface area is 165 Å². The smallest absolute Gasteiger partial charge is 0.308 e. The van der Waals surface area contributed by atoms with E-state index in [1.807, 2.05) is 0 Å². The van der Waals surface area contributed by atoms with Crippen LogP contribution in [0.15, 0.2) is 39.3 Å². The van der Waals surface area contributed by atoms with E-state index in [9.17, 15) is 19.2 Å². The molecule has 3 rings (SSSR count). The number of amides is 2. The topological polar surface area (TPSA) is 80.8 Å². The fraction of sp³-hybridized carbons (Fsp3) is 0.111. The molecule has 132 valence electrons. The Morgan fingerprint density at radius 2 is 1.77 bits per heavy atom. The van der Waals surface area contributed by atoms with Crippen LogP contribution in [0.1, 0.15) is 33.2 Å². The van der Waals surface area contributed by atoms with Crippen molar-refractivity contribution in [2.24, 2.45) is 0 Å². The SMILES string of the molecule is CC(=O)Oc1c(Br)cc(Br)cc1C(=O)N1C(=O)C(=O)c2cc(C)ccc21. The van der Waals surface area contributed by atoms with E-state index >= 15 is 0 Å². The average molecular weight is 481 g/mol. The second kappa shape index (κ2) is 6.77. The molecular weight excluding hydrogens is 470 g/mol.